The molecule has 22 heavy (non-hydrogen) atoms. The molecule has 0 aromatic carbocycles. The summed E-state index contributed by atoms with van der Waals surface area (Å²) in [6.45, 7) is 0. The zero-order valence-corrected chi connectivity index (χ0v) is 14.0. The molecule has 0 aliphatic rings. The van der Waals surface area contributed by atoms with E-state index in [4.69, 9.17) is 20.4 Å². The van der Waals surface area contributed by atoms with Crippen LogP contribution in [-0.2, 0) is 36.5 Å². The van der Waals surface area contributed by atoms with Gasteiger partial charge in [-0.25, -0.2) is 0 Å². The van der Waals surface area contributed by atoms with Crippen molar-refractivity contribution in [2.24, 2.45) is 0 Å². The number of rotatable bonds is 6. The summed E-state index contributed by atoms with van der Waals surface area (Å²) in [5, 5.41) is 71.5. The van der Waals surface area contributed by atoms with Crippen LogP contribution in [0.2, 0.25) is 0 Å². The number of hydrogen-bond donors (Lipinski definition) is 4. The molecule has 0 bridgehead atoms. The summed E-state index contributed by atoms with van der Waals surface area (Å²) in [6.07, 6.45) is -9.76. The van der Waals surface area contributed by atoms with E-state index in [9.17, 15) is 39.6 Å². The Labute approximate surface area is 155 Å². The molecule has 4 unspecified atom stereocenters. The van der Waals surface area contributed by atoms with E-state index in [0.717, 1.165) is 0 Å². The van der Waals surface area contributed by atoms with E-state index in [1.54, 1.807) is 0 Å². The van der Waals surface area contributed by atoms with E-state index in [2.05, 4.69) is 0 Å². The number of carbonyl (C=O) groups excluding carboxylic acids is 4. The molecule has 12 nitrogen and oxygen atoms in total. The zero-order chi connectivity index (χ0) is 16.6. The fourth-order valence-corrected chi connectivity index (χ4v) is 0.516. The summed E-state index contributed by atoms with van der Waals surface area (Å²) < 4.78 is 0. The smallest absolute Gasteiger partial charge is 0.547 e. The summed E-state index contributed by atoms with van der Waals surface area (Å²) in [5.74, 6) is -8.23. The van der Waals surface area contributed by atoms with Crippen molar-refractivity contribution in [1.29, 1.82) is 0 Å². The van der Waals surface area contributed by atoms with Crippen LogP contribution in [0.1, 0.15) is 0 Å². The van der Waals surface area contributed by atoms with Gasteiger partial charge in [0.15, 0.2) is 0 Å². The molecule has 0 amide bonds. The SMILES string of the molecule is O=C([O-])C(O)C(O)C(=O)[O-].O=C([O-])C(O)C(O)C(=O)[O-].[Cr+3].[Na+]. The quantitative estimate of drug-likeness (QED) is 0.318. The van der Waals surface area contributed by atoms with Crippen molar-refractivity contribution in [3.8, 4) is 0 Å². The van der Waals surface area contributed by atoms with Crippen LogP contribution in [0, 0.1) is 0 Å². The van der Waals surface area contributed by atoms with Crippen molar-refractivity contribution in [3.63, 3.8) is 0 Å². The van der Waals surface area contributed by atoms with Gasteiger partial charge in [-0.2, -0.15) is 0 Å². The number of hydrogen-bond acceptors (Lipinski definition) is 12. The van der Waals surface area contributed by atoms with E-state index in [0.29, 0.717) is 0 Å². The molecule has 0 saturated carbocycles. The van der Waals surface area contributed by atoms with Crippen LogP contribution in [0.3, 0.4) is 0 Å². The second-order valence-corrected chi connectivity index (χ2v) is 3.06. The van der Waals surface area contributed by atoms with Crippen molar-refractivity contribution >= 4 is 23.9 Å². The fraction of sp³-hybridized carbons (Fsp3) is 0.500. The van der Waals surface area contributed by atoms with Gasteiger partial charge in [-0.1, -0.05) is 0 Å². The first kappa shape index (κ1) is 29.3. The summed E-state index contributed by atoms with van der Waals surface area (Å²) in [7, 11) is 0. The van der Waals surface area contributed by atoms with E-state index in [1.807, 2.05) is 0 Å². The van der Waals surface area contributed by atoms with Crippen LogP contribution in [0.4, 0.5) is 0 Å². The maximum atomic E-state index is 9.63. The Kier molecular flexibility index (Phi) is 18.5. The van der Waals surface area contributed by atoms with E-state index < -0.39 is 48.3 Å². The van der Waals surface area contributed by atoms with Crippen LogP contribution in [0.5, 0.6) is 0 Å². The second kappa shape index (κ2) is 13.9. The maximum absolute atomic E-state index is 9.63. The van der Waals surface area contributed by atoms with Gasteiger partial charge in [0.25, 0.3) is 0 Å². The molecule has 0 aromatic rings. The van der Waals surface area contributed by atoms with Crippen LogP contribution in [-0.4, -0.2) is 68.7 Å². The minimum absolute atomic E-state index is 0. The Morgan fingerprint density at radius 2 is 0.636 bits per heavy atom. The van der Waals surface area contributed by atoms with Gasteiger partial charge in [0.05, 0.1) is 23.9 Å². The molecule has 119 valence electrons. The molecule has 0 rings (SSSR count). The molecule has 0 aliphatic heterocycles. The van der Waals surface area contributed by atoms with Crippen molar-refractivity contribution in [2.45, 2.75) is 24.4 Å². The third-order valence-electron chi connectivity index (χ3n) is 1.56. The summed E-state index contributed by atoms with van der Waals surface area (Å²) in [5.41, 5.74) is 0. The first-order valence-electron chi connectivity index (χ1n) is 4.49. The molecular formula is C8H8CrNaO12. The number of aliphatic hydroxyl groups excluding tert-OH is 4. The fourth-order valence-electron chi connectivity index (χ4n) is 0.516. The van der Waals surface area contributed by atoms with Crippen LogP contribution < -0.4 is 50.0 Å². The molecule has 14 heteroatoms. The normalized spacial score (nSPS) is 14.4. The molecule has 0 aliphatic carbocycles. The molecule has 4 atom stereocenters. The van der Waals surface area contributed by atoms with Crippen molar-refractivity contribution in [3.05, 3.63) is 0 Å². The Balaban J connectivity index is -0.000000135. The molecule has 0 spiro atoms. The van der Waals surface area contributed by atoms with Crippen molar-refractivity contribution in [1.82, 2.24) is 0 Å². The molecule has 0 fully saturated rings. The average molecular weight is 371 g/mol. The van der Waals surface area contributed by atoms with Gasteiger partial charge in [0, 0.05) is 0 Å². The number of carbonyl (C=O) groups is 4. The number of aliphatic hydroxyl groups is 4. The monoisotopic (exact) mass is 371 g/mol. The third-order valence-corrected chi connectivity index (χ3v) is 1.56. The molecule has 0 aromatic heterocycles. The number of carboxylic acid groups (broad SMARTS) is 4. The largest absolute Gasteiger partial charge is 3.00 e. The Morgan fingerprint density at radius 3 is 0.682 bits per heavy atom. The second-order valence-electron chi connectivity index (χ2n) is 3.06. The maximum Gasteiger partial charge on any atom is 3.00 e. The van der Waals surface area contributed by atoms with E-state index in [-0.39, 0.29) is 46.9 Å². The van der Waals surface area contributed by atoms with Crippen molar-refractivity contribution < 1.29 is 107 Å². The predicted molar refractivity (Wildman–Crippen MR) is 44.1 cm³/mol. The standard InChI is InChI=1S/2C4H6O6.Cr.Na/c2*5-1(3(7)8)2(6)4(9)10;;/h2*1-2,5-6H,(H,7,8)(H,9,10);;/q;;+3;+1/p-4. The van der Waals surface area contributed by atoms with Gasteiger partial charge in [0.2, 0.25) is 0 Å². The topological polar surface area (TPSA) is 241 Å². The summed E-state index contributed by atoms with van der Waals surface area (Å²) in [4.78, 5) is 38.5. The minimum atomic E-state index is -2.44. The first-order valence-corrected chi connectivity index (χ1v) is 4.49. The molecular weight excluding hydrogens is 363 g/mol. The third kappa shape index (κ3) is 11.9. The van der Waals surface area contributed by atoms with Crippen LogP contribution >= 0.6 is 0 Å². The Hall–Kier alpha value is -0.748. The molecule has 4 N–H and O–H groups in total. The minimum Gasteiger partial charge on any atom is -0.547 e. The van der Waals surface area contributed by atoms with Gasteiger partial charge in [-0.05, 0) is 0 Å². The summed E-state index contributed by atoms with van der Waals surface area (Å²) >= 11 is 0. The van der Waals surface area contributed by atoms with Crippen molar-refractivity contribution in [2.75, 3.05) is 0 Å². The molecule has 1 radical (unpaired) electrons. The molecule has 0 saturated heterocycles. The first-order chi connectivity index (χ1) is 8.93. The van der Waals surface area contributed by atoms with Gasteiger partial charge >= 0.3 is 46.9 Å². The Morgan fingerprint density at radius 1 is 0.545 bits per heavy atom. The molecule has 0 heterocycles. The number of carboxylic acids is 4. The number of aliphatic carboxylic acids is 4. The van der Waals surface area contributed by atoms with Crippen LogP contribution in [0.15, 0.2) is 0 Å². The van der Waals surface area contributed by atoms with Crippen LogP contribution in [0.25, 0.3) is 0 Å². The predicted octanol–water partition coefficient (Wildman–Crippen LogP) is -12.6. The van der Waals surface area contributed by atoms with Gasteiger partial charge < -0.3 is 60.0 Å². The van der Waals surface area contributed by atoms with E-state index in [1.165, 1.54) is 0 Å². The summed E-state index contributed by atoms with van der Waals surface area (Å²) in [6, 6.07) is 0. The van der Waals surface area contributed by atoms with Gasteiger partial charge in [-0.15, -0.1) is 0 Å². The zero-order valence-electron chi connectivity index (χ0n) is 10.8. The van der Waals surface area contributed by atoms with E-state index >= 15 is 0 Å². The Bertz CT molecular complexity index is 315. The van der Waals surface area contributed by atoms with Gasteiger partial charge in [-0.3, -0.25) is 0 Å². The van der Waals surface area contributed by atoms with Gasteiger partial charge in [0.1, 0.15) is 24.4 Å². The average Bonchev–Trinajstić information content (AvgIpc) is 2.35.